The van der Waals surface area contributed by atoms with Gasteiger partial charge in [0, 0.05) is 12.5 Å². The Hall–Kier alpha value is -1.52. The average molecular weight is 225 g/mol. The number of rotatable bonds is 6. The highest BCUT2D eigenvalue weighted by Crippen LogP contribution is 2.05. The summed E-state index contributed by atoms with van der Waals surface area (Å²) in [5.74, 6) is 1.79. The van der Waals surface area contributed by atoms with Gasteiger partial charge in [-0.1, -0.05) is 24.2 Å². The smallest absolute Gasteiger partial charge is 0.177 e. The van der Waals surface area contributed by atoms with Gasteiger partial charge in [0.25, 0.3) is 0 Å². The number of oxime groups is 1. The molecule has 0 aliphatic rings. The summed E-state index contributed by atoms with van der Waals surface area (Å²) >= 11 is 0. The van der Waals surface area contributed by atoms with Crippen LogP contribution in [0.3, 0.4) is 0 Å². The fourth-order valence-corrected chi connectivity index (χ4v) is 1.15. The summed E-state index contributed by atoms with van der Waals surface area (Å²) in [7, 11) is 0. The van der Waals surface area contributed by atoms with Crippen molar-refractivity contribution in [3.05, 3.63) is 17.5 Å². The minimum Gasteiger partial charge on any atom is -0.386 e. The van der Waals surface area contributed by atoms with E-state index in [2.05, 4.69) is 24.2 Å². The lowest BCUT2D eigenvalue weighted by molar-refractivity contribution is 0.108. The van der Waals surface area contributed by atoms with Gasteiger partial charge in [0.05, 0.1) is 5.69 Å². The minimum atomic E-state index is 0.267. The van der Waals surface area contributed by atoms with Crippen molar-refractivity contribution in [2.75, 3.05) is 0 Å². The molecule has 0 bridgehead atoms. The number of hydrogen-bond acceptors (Lipinski definition) is 4. The normalized spacial score (nSPS) is 12.1. The second kappa shape index (κ2) is 6.15. The number of aryl methyl sites for hydroxylation is 1. The Balaban J connectivity index is 2.25. The maximum absolute atomic E-state index is 5.67. The maximum atomic E-state index is 5.67. The first kappa shape index (κ1) is 12.5. The van der Waals surface area contributed by atoms with Crippen molar-refractivity contribution in [3.63, 3.8) is 0 Å². The van der Waals surface area contributed by atoms with Gasteiger partial charge in [-0.2, -0.15) is 0 Å². The Kier molecular flexibility index (Phi) is 4.82. The molecule has 1 heterocycles. The standard InChI is InChI=1S/C11H19N3O2/c1-8(2)4-5-11(12)14-15-7-10-6-9(3)13-16-10/h6,8H,4-5,7H2,1-3H3,(H2,12,14). The molecule has 0 saturated heterocycles. The van der Waals surface area contributed by atoms with E-state index < -0.39 is 0 Å². The second-order valence-corrected chi connectivity index (χ2v) is 4.22. The summed E-state index contributed by atoms with van der Waals surface area (Å²) < 4.78 is 4.96. The number of hydrogen-bond donors (Lipinski definition) is 1. The van der Waals surface area contributed by atoms with Crippen LogP contribution in [0, 0.1) is 12.8 Å². The predicted molar refractivity (Wildman–Crippen MR) is 61.7 cm³/mol. The van der Waals surface area contributed by atoms with Gasteiger partial charge in [0.15, 0.2) is 12.4 Å². The highest BCUT2D eigenvalue weighted by molar-refractivity contribution is 5.79. The summed E-state index contributed by atoms with van der Waals surface area (Å²) in [6.07, 6.45) is 1.77. The molecule has 0 radical (unpaired) electrons. The fourth-order valence-electron chi connectivity index (χ4n) is 1.15. The first-order valence-electron chi connectivity index (χ1n) is 5.44. The van der Waals surface area contributed by atoms with Gasteiger partial charge in [0.2, 0.25) is 0 Å². The number of aromatic nitrogens is 1. The Morgan fingerprint density at radius 1 is 1.62 bits per heavy atom. The summed E-state index contributed by atoms with van der Waals surface area (Å²) in [5, 5.41) is 7.55. The molecule has 90 valence electrons. The van der Waals surface area contributed by atoms with Crippen molar-refractivity contribution in [1.82, 2.24) is 5.16 Å². The van der Waals surface area contributed by atoms with Gasteiger partial charge in [0.1, 0.15) is 5.84 Å². The molecule has 16 heavy (non-hydrogen) atoms. The van der Waals surface area contributed by atoms with Crippen LogP contribution in [0.4, 0.5) is 0 Å². The van der Waals surface area contributed by atoms with Crippen molar-refractivity contribution in [2.24, 2.45) is 16.8 Å². The maximum Gasteiger partial charge on any atom is 0.177 e. The zero-order valence-corrected chi connectivity index (χ0v) is 10.1. The van der Waals surface area contributed by atoms with E-state index in [1.165, 1.54) is 0 Å². The quantitative estimate of drug-likeness (QED) is 0.457. The highest BCUT2D eigenvalue weighted by atomic mass is 16.6. The first-order valence-corrected chi connectivity index (χ1v) is 5.44. The molecule has 1 aromatic heterocycles. The van der Waals surface area contributed by atoms with Crippen LogP contribution in [0.5, 0.6) is 0 Å². The van der Waals surface area contributed by atoms with Gasteiger partial charge in [-0.25, -0.2) is 0 Å². The van der Waals surface area contributed by atoms with Crippen LogP contribution in [0.2, 0.25) is 0 Å². The van der Waals surface area contributed by atoms with Crippen LogP contribution in [0.1, 0.15) is 38.1 Å². The Morgan fingerprint density at radius 2 is 2.38 bits per heavy atom. The lowest BCUT2D eigenvalue weighted by atomic mass is 10.1. The number of nitrogens with two attached hydrogens (primary N) is 1. The topological polar surface area (TPSA) is 73.6 Å². The first-order chi connectivity index (χ1) is 7.58. The molecule has 0 unspecified atom stereocenters. The zero-order chi connectivity index (χ0) is 12.0. The lowest BCUT2D eigenvalue weighted by Crippen LogP contribution is -2.13. The Labute approximate surface area is 95.6 Å². The van der Waals surface area contributed by atoms with Crippen molar-refractivity contribution >= 4 is 5.84 Å². The number of amidine groups is 1. The second-order valence-electron chi connectivity index (χ2n) is 4.22. The molecule has 0 amide bonds. The molecule has 0 aliphatic heterocycles. The molecular formula is C11H19N3O2. The van der Waals surface area contributed by atoms with Gasteiger partial charge in [-0.05, 0) is 19.3 Å². The van der Waals surface area contributed by atoms with Crippen molar-refractivity contribution < 1.29 is 9.36 Å². The van der Waals surface area contributed by atoms with Gasteiger partial charge in [-0.3, -0.25) is 0 Å². The molecule has 0 saturated carbocycles. The molecule has 0 aliphatic carbocycles. The molecule has 0 spiro atoms. The molecule has 1 aromatic rings. The van der Waals surface area contributed by atoms with Gasteiger partial charge in [-0.15, -0.1) is 0 Å². The molecule has 2 N–H and O–H groups in total. The molecule has 5 heteroatoms. The molecular weight excluding hydrogens is 206 g/mol. The SMILES string of the molecule is Cc1cc(CO/N=C(\N)CCC(C)C)on1. The average Bonchev–Trinajstić information content (AvgIpc) is 2.61. The largest absolute Gasteiger partial charge is 0.386 e. The molecule has 0 aromatic carbocycles. The summed E-state index contributed by atoms with van der Waals surface area (Å²) in [6.45, 7) is 6.41. The van der Waals surface area contributed by atoms with Crippen LogP contribution in [-0.2, 0) is 11.4 Å². The highest BCUT2D eigenvalue weighted by Gasteiger charge is 2.01. The van der Waals surface area contributed by atoms with E-state index in [1.807, 2.05) is 6.92 Å². The third kappa shape index (κ3) is 4.82. The fraction of sp³-hybridized carbons (Fsp3) is 0.636. The summed E-state index contributed by atoms with van der Waals surface area (Å²) in [6, 6.07) is 1.81. The van der Waals surface area contributed by atoms with Crippen LogP contribution in [-0.4, -0.2) is 11.0 Å². The van der Waals surface area contributed by atoms with Gasteiger partial charge < -0.3 is 15.1 Å². The van der Waals surface area contributed by atoms with E-state index in [0.29, 0.717) is 17.5 Å². The van der Waals surface area contributed by atoms with Crippen molar-refractivity contribution in [3.8, 4) is 0 Å². The van der Waals surface area contributed by atoms with E-state index in [-0.39, 0.29) is 6.61 Å². The van der Waals surface area contributed by atoms with E-state index in [1.54, 1.807) is 6.07 Å². The van der Waals surface area contributed by atoms with E-state index in [0.717, 1.165) is 18.5 Å². The minimum absolute atomic E-state index is 0.267. The molecule has 0 atom stereocenters. The van der Waals surface area contributed by atoms with Gasteiger partial charge >= 0.3 is 0 Å². The van der Waals surface area contributed by atoms with E-state index in [4.69, 9.17) is 15.1 Å². The van der Waals surface area contributed by atoms with Crippen LogP contribution in [0.15, 0.2) is 15.7 Å². The number of nitrogens with zero attached hydrogens (tertiary/aromatic N) is 2. The van der Waals surface area contributed by atoms with E-state index in [9.17, 15) is 0 Å². The van der Waals surface area contributed by atoms with E-state index >= 15 is 0 Å². The molecule has 5 nitrogen and oxygen atoms in total. The molecule has 0 fully saturated rings. The van der Waals surface area contributed by atoms with Crippen LogP contribution < -0.4 is 5.73 Å². The van der Waals surface area contributed by atoms with Crippen LogP contribution in [0.25, 0.3) is 0 Å². The Morgan fingerprint density at radius 3 is 2.94 bits per heavy atom. The predicted octanol–water partition coefficient (Wildman–Crippen LogP) is 2.21. The third-order valence-electron chi connectivity index (χ3n) is 2.04. The molecule has 1 rings (SSSR count). The van der Waals surface area contributed by atoms with Crippen molar-refractivity contribution in [2.45, 2.75) is 40.2 Å². The summed E-state index contributed by atoms with van der Waals surface area (Å²) in [4.78, 5) is 5.06. The van der Waals surface area contributed by atoms with Crippen molar-refractivity contribution in [1.29, 1.82) is 0 Å². The summed E-state index contributed by atoms with van der Waals surface area (Å²) in [5.41, 5.74) is 6.50. The zero-order valence-electron chi connectivity index (χ0n) is 10.1. The monoisotopic (exact) mass is 225 g/mol. The third-order valence-corrected chi connectivity index (χ3v) is 2.04. The Bertz CT molecular complexity index is 345. The van der Waals surface area contributed by atoms with Crippen LogP contribution >= 0.6 is 0 Å². The lowest BCUT2D eigenvalue weighted by Gasteiger charge is -2.03.